The fraction of sp³-hybridized carbons (Fsp3) is 0.440. The minimum Gasteiger partial charge on any atom is -0.352 e. The van der Waals surface area contributed by atoms with E-state index in [1.165, 1.54) is 17.0 Å². The molecule has 2 rings (SSSR count). The van der Waals surface area contributed by atoms with Gasteiger partial charge in [-0.15, -0.1) is 0 Å². The molecule has 0 aliphatic carbocycles. The highest BCUT2D eigenvalue weighted by Gasteiger charge is 2.31. The topological polar surface area (TPSA) is 130 Å². The van der Waals surface area contributed by atoms with Crippen LogP contribution in [0.1, 0.15) is 38.3 Å². The molecule has 11 heteroatoms. The average Bonchev–Trinajstić information content (AvgIpc) is 2.82. The lowest BCUT2D eigenvalue weighted by Gasteiger charge is -2.32. The number of non-ortho nitro benzene ring substituents is 1. The number of nitrogens with zero attached hydrogens (tertiary/aromatic N) is 3. The number of amides is 2. The maximum absolute atomic E-state index is 13.5. The van der Waals surface area contributed by atoms with E-state index in [1.54, 1.807) is 13.8 Å². The second-order valence-electron chi connectivity index (χ2n) is 8.81. The van der Waals surface area contributed by atoms with Crippen molar-refractivity contribution in [2.75, 3.05) is 23.7 Å². The third kappa shape index (κ3) is 7.77. The number of carbonyl (C=O) groups excluding carboxylic acids is 2. The SMILES string of the molecule is CCC(C)NC(=O)C(C)N(CCc1ccccc1)C(=O)CN(c1cc([N+](=O)[O-])ccc1C)S(C)(=O)=O. The average molecular weight is 519 g/mol. The Morgan fingerprint density at radius 2 is 1.75 bits per heavy atom. The first kappa shape index (κ1) is 28.8. The Labute approximate surface area is 212 Å². The zero-order valence-electron chi connectivity index (χ0n) is 21.3. The van der Waals surface area contributed by atoms with Crippen LogP contribution in [0.25, 0.3) is 0 Å². The highest BCUT2D eigenvalue weighted by atomic mass is 32.2. The molecule has 0 heterocycles. The summed E-state index contributed by atoms with van der Waals surface area (Å²) in [5.74, 6) is -0.933. The number of nitro benzene ring substituents is 1. The first-order valence-corrected chi connectivity index (χ1v) is 13.6. The van der Waals surface area contributed by atoms with Crippen molar-refractivity contribution in [3.8, 4) is 0 Å². The molecule has 0 aromatic heterocycles. The summed E-state index contributed by atoms with van der Waals surface area (Å²) in [4.78, 5) is 38.4. The van der Waals surface area contributed by atoms with Gasteiger partial charge in [0.15, 0.2) is 0 Å². The molecule has 2 unspecified atom stereocenters. The number of aryl methyl sites for hydroxylation is 1. The first-order chi connectivity index (χ1) is 16.8. The molecule has 2 amide bonds. The predicted octanol–water partition coefficient (Wildman–Crippen LogP) is 3.04. The van der Waals surface area contributed by atoms with Crippen LogP contribution in [0.2, 0.25) is 0 Å². The number of sulfonamides is 1. The van der Waals surface area contributed by atoms with E-state index in [9.17, 15) is 28.1 Å². The van der Waals surface area contributed by atoms with Gasteiger partial charge in [0.05, 0.1) is 16.9 Å². The van der Waals surface area contributed by atoms with Gasteiger partial charge in [-0.05, 0) is 44.7 Å². The van der Waals surface area contributed by atoms with E-state index >= 15 is 0 Å². The number of nitrogens with one attached hydrogen (secondary N) is 1. The third-order valence-corrected chi connectivity index (χ3v) is 7.13. The van der Waals surface area contributed by atoms with Gasteiger partial charge in [-0.3, -0.25) is 24.0 Å². The summed E-state index contributed by atoms with van der Waals surface area (Å²) in [7, 11) is -3.98. The van der Waals surface area contributed by atoms with Gasteiger partial charge in [0.2, 0.25) is 21.8 Å². The van der Waals surface area contributed by atoms with Crippen LogP contribution in [0, 0.1) is 17.0 Å². The van der Waals surface area contributed by atoms with Gasteiger partial charge in [0, 0.05) is 24.7 Å². The molecule has 0 spiro atoms. The summed E-state index contributed by atoms with van der Waals surface area (Å²) in [5.41, 5.74) is 1.16. The normalized spacial score (nSPS) is 12.9. The zero-order valence-corrected chi connectivity index (χ0v) is 22.1. The standard InChI is InChI=1S/C25H34N4O6S/c1-6-19(3)26-25(31)20(4)27(15-14-21-10-8-7-9-11-21)24(30)17-28(36(5,34)35)23-16-22(29(32)33)13-12-18(23)2/h7-13,16,19-20H,6,14-15,17H2,1-5H3,(H,26,31). The second kappa shape index (κ2) is 12.5. The molecule has 0 aliphatic heterocycles. The minimum absolute atomic E-state index is 0.0415. The smallest absolute Gasteiger partial charge is 0.271 e. The lowest BCUT2D eigenvalue weighted by atomic mass is 10.1. The maximum Gasteiger partial charge on any atom is 0.271 e. The van der Waals surface area contributed by atoms with E-state index in [0.29, 0.717) is 18.4 Å². The Morgan fingerprint density at radius 3 is 2.31 bits per heavy atom. The van der Waals surface area contributed by atoms with Gasteiger partial charge in [-0.25, -0.2) is 8.42 Å². The van der Waals surface area contributed by atoms with Crippen molar-refractivity contribution in [2.24, 2.45) is 0 Å². The molecule has 10 nitrogen and oxygen atoms in total. The molecular formula is C25H34N4O6S. The third-order valence-electron chi connectivity index (χ3n) is 6.00. The summed E-state index contributed by atoms with van der Waals surface area (Å²) in [6.07, 6.45) is 2.11. The highest BCUT2D eigenvalue weighted by Crippen LogP contribution is 2.27. The number of nitro groups is 1. The molecule has 0 bridgehead atoms. The van der Waals surface area contributed by atoms with Crippen molar-refractivity contribution >= 4 is 33.2 Å². The van der Waals surface area contributed by atoms with Gasteiger partial charge < -0.3 is 10.2 Å². The molecule has 2 aromatic rings. The molecule has 0 saturated heterocycles. The Balaban J connectivity index is 2.40. The van der Waals surface area contributed by atoms with Crippen molar-refractivity contribution in [3.05, 3.63) is 69.8 Å². The minimum atomic E-state index is -3.98. The fourth-order valence-electron chi connectivity index (χ4n) is 3.61. The predicted molar refractivity (Wildman–Crippen MR) is 139 cm³/mol. The van der Waals surface area contributed by atoms with E-state index in [-0.39, 0.29) is 29.9 Å². The van der Waals surface area contributed by atoms with Crippen molar-refractivity contribution in [1.29, 1.82) is 0 Å². The molecule has 2 atom stereocenters. The number of carbonyl (C=O) groups is 2. The largest absolute Gasteiger partial charge is 0.352 e. The van der Waals surface area contributed by atoms with Crippen molar-refractivity contribution in [1.82, 2.24) is 10.2 Å². The molecule has 0 aliphatic rings. The van der Waals surface area contributed by atoms with E-state index in [2.05, 4.69) is 5.32 Å². The Morgan fingerprint density at radius 1 is 1.11 bits per heavy atom. The number of hydrogen-bond acceptors (Lipinski definition) is 6. The van der Waals surface area contributed by atoms with Crippen LogP contribution in [0.15, 0.2) is 48.5 Å². The van der Waals surface area contributed by atoms with E-state index < -0.39 is 33.4 Å². The van der Waals surface area contributed by atoms with Gasteiger partial charge in [-0.2, -0.15) is 0 Å². The van der Waals surface area contributed by atoms with Gasteiger partial charge in [0.1, 0.15) is 12.6 Å². The summed E-state index contributed by atoms with van der Waals surface area (Å²) in [6.45, 7) is 6.58. The van der Waals surface area contributed by atoms with E-state index in [4.69, 9.17) is 0 Å². The number of benzene rings is 2. The molecule has 36 heavy (non-hydrogen) atoms. The first-order valence-electron chi connectivity index (χ1n) is 11.7. The van der Waals surface area contributed by atoms with Crippen LogP contribution in [0.4, 0.5) is 11.4 Å². The zero-order chi connectivity index (χ0) is 27.0. The molecule has 2 aromatic carbocycles. The Bertz CT molecular complexity index is 1190. The fourth-order valence-corrected chi connectivity index (χ4v) is 4.51. The highest BCUT2D eigenvalue weighted by molar-refractivity contribution is 7.92. The Hall–Kier alpha value is -3.47. The molecule has 0 radical (unpaired) electrons. The number of rotatable bonds is 12. The van der Waals surface area contributed by atoms with Crippen LogP contribution in [0.3, 0.4) is 0 Å². The molecule has 0 fully saturated rings. The quantitative estimate of drug-likeness (QED) is 0.340. The van der Waals surface area contributed by atoms with E-state index in [1.807, 2.05) is 44.2 Å². The van der Waals surface area contributed by atoms with Crippen LogP contribution in [-0.2, 0) is 26.0 Å². The van der Waals surface area contributed by atoms with Gasteiger partial charge >= 0.3 is 0 Å². The maximum atomic E-state index is 13.5. The molecule has 1 N–H and O–H groups in total. The molecular weight excluding hydrogens is 484 g/mol. The van der Waals surface area contributed by atoms with E-state index in [0.717, 1.165) is 22.2 Å². The summed E-state index contributed by atoms with van der Waals surface area (Å²) >= 11 is 0. The summed E-state index contributed by atoms with van der Waals surface area (Å²) in [5, 5.41) is 14.1. The monoisotopic (exact) mass is 518 g/mol. The van der Waals surface area contributed by atoms with Crippen LogP contribution in [0.5, 0.6) is 0 Å². The summed E-state index contributed by atoms with van der Waals surface area (Å²) < 4.78 is 26.2. The van der Waals surface area contributed by atoms with Crippen LogP contribution in [-0.4, -0.2) is 61.5 Å². The van der Waals surface area contributed by atoms with Crippen molar-refractivity contribution in [3.63, 3.8) is 0 Å². The van der Waals surface area contributed by atoms with Crippen LogP contribution < -0.4 is 9.62 Å². The van der Waals surface area contributed by atoms with Crippen LogP contribution >= 0.6 is 0 Å². The lowest BCUT2D eigenvalue weighted by molar-refractivity contribution is -0.384. The summed E-state index contributed by atoms with van der Waals surface area (Å²) in [6, 6.07) is 12.3. The lowest BCUT2D eigenvalue weighted by Crippen LogP contribution is -2.53. The Kier molecular flexibility index (Phi) is 9.97. The molecule has 0 saturated carbocycles. The molecule has 196 valence electrons. The number of anilines is 1. The van der Waals surface area contributed by atoms with Gasteiger partial charge in [-0.1, -0.05) is 43.3 Å². The van der Waals surface area contributed by atoms with Crippen molar-refractivity contribution < 1.29 is 22.9 Å². The van der Waals surface area contributed by atoms with Gasteiger partial charge in [0.25, 0.3) is 5.69 Å². The van der Waals surface area contributed by atoms with Crippen molar-refractivity contribution in [2.45, 2.75) is 52.6 Å². The second-order valence-corrected chi connectivity index (χ2v) is 10.7. The number of hydrogen-bond donors (Lipinski definition) is 1.